The number of aromatic amines is 1. The molecule has 1 aromatic carbocycles. The van der Waals surface area contributed by atoms with Gasteiger partial charge in [0, 0.05) is 5.69 Å². The molecule has 0 aliphatic carbocycles. The lowest BCUT2D eigenvalue weighted by Gasteiger charge is -2.09. The molecule has 0 amide bonds. The summed E-state index contributed by atoms with van der Waals surface area (Å²) in [6.45, 7) is 6.78. The lowest BCUT2D eigenvalue weighted by atomic mass is 10.1. The number of nitrogens with one attached hydrogen (secondary N) is 1. The molecule has 2 rings (SSSR count). The van der Waals surface area contributed by atoms with Crippen LogP contribution in [0.25, 0.3) is 0 Å². The number of halogens is 1. The summed E-state index contributed by atoms with van der Waals surface area (Å²) in [5.41, 5.74) is 1.51. The van der Waals surface area contributed by atoms with Gasteiger partial charge in [-0.05, 0) is 45.4 Å². The third-order valence-corrected chi connectivity index (χ3v) is 3.60. The van der Waals surface area contributed by atoms with E-state index in [0.717, 1.165) is 0 Å². The van der Waals surface area contributed by atoms with Crippen molar-refractivity contribution in [2.24, 2.45) is 0 Å². The highest BCUT2D eigenvalue weighted by molar-refractivity contribution is 5.98. The highest BCUT2D eigenvalue weighted by Crippen LogP contribution is 2.20. The zero-order valence-corrected chi connectivity index (χ0v) is 15.2. The smallest absolute Gasteiger partial charge is 0.355 e. The molecule has 0 aliphatic rings. The Morgan fingerprint density at radius 1 is 1.12 bits per heavy atom. The summed E-state index contributed by atoms with van der Waals surface area (Å²) >= 11 is 0. The zero-order chi connectivity index (χ0) is 19.3. The number of esters is 2. The molecule has 26 heavy (non-hydrogen) atoms. The van der Waals surface area contributed by atoms with Crippen molar-refractivity contribution in [2.75, 3.05) is 13.2 Å². The van der Waals surface area contributed by atoms with E-state index in [-0.39, 0.29) is 30.8 Å². The van der Waals surface area contributed by atoms with E-state index in [2.05, 4.69) is 4.98 Å². The molecule has 1 heterocycles. The van der Waals surface area contributed by atoms with E-state index in [0.29, 0.717) is 16.8 Å². The maximum absolute atomic E-state index is 13.4. The Morgan fingerprint density at radius 2 is 1.81 bits per heavy atom. The number of aromatic nitrogens is 1. The molecule has 0 atom stereocenters. The summed E-state index contributed by atoms with van der Waals surface area (Å²) in [6, 6.07) is 5.97. The second kappa shape index (κ2) is 8.51. The van der Waals surface area contributed by atoms with Crippen LogP contribution < -0.4 is 4.74 Å². The van der Waals surface area contributed by atoms with Crippen LogP contribution >= 0.6 is 0 Å². The van der Waals surface area contributed by atoms with Crippen LogP contribution in [0.2, 0.25) is 0 Å². The normalized spacial score (nSPS) is 10.7. The van der Waals surface area contributed by atoms with E-state index in [1.807, 2.05) is 0 Å². The predicted octanol–water partition coefficient (Wildman–Crippen LogP) is 3.57. The van der Waals surface area contributed by atoms with Gasteiger partial charge in [0.25, 0.3) is 0 Å². The van der Waals surface area contributed by atoms with Gasteiger partial charge in [-0.1, -0.05) is 12.1 Å². The van der Waals surface area contributed by atoms with Gasteiger partial charge in [0.1, 0.15) is 18.9 Å². The molecule has 1 N–H and O–H groups in total. The van der Waals surface area contributed by atoms with Crippen LogP contribution in [0.1, 0.15) is 46.0 Å². The summed E-state index contributed by atoms with van der Waals surface area (Å²) in [6.07, 6.45) is -0.262. The van der Waals surface area contributed by atoms with Crippen LogP contribution in [-0.2, 0) is 9.47 Å². The Kier molecular flexibility index (Phi) is 6.38. The van der Waals surface area contributed by atoms with Crippen molar-refractivity contribution in [3.63, 3.8) is 0 Å². The largest absolute Gasteiger partial charge is 0.487 e. The van der Waals surface area contributed by atoms with Gasteiger partial charge in [0.05, 0.1) is 11.7 Å². The SMILES string of the molecule is Cc1[nH]c(C(=O)OCCOc2ccccc2F)c(C)c1C(=O)OC(C)C. The molecule has 1 aromatic heterocycles. The van der Waals surface area contributed by atoms with Gasteiger partial charge < -0.3 is 19.2 Å². The quantitative estimate of drug-likeness (QED) is 0.601. The predicted molar refractivity (Wildman–Crippen MR) is 93.0 cm³/mol. The molecule has 6 nitrogen and oxygen atoms in total. The van der Waals surface area contributed by atoms with Gasteiger partial charge in [0.2, 0.25) is 0 Å². The number of aryl methyl sites for hydroxylation is 1. The molecule has 0 radical (unpaired) electrons. The Labute approximate surface area is 151 Å². The van der Waals surface area contributed by atoms with E-state index in [4.69, 9.17) is 14.2 Å². The minimum Gasteiger partial charge on any atom is -0.487 e. The van der Waals surface area contributed by atoms with Crippen molar-refractivity contribution in [2.45, 2.75) is 33.8 Å². The van der Waals surface area contributed by atoms with Gasteiger partial charge in [0.15, 0.2) is 11.6 Å². The molecule has 2 aromatic rings. The van der Waals surface area contributed by atoms with Crippen molar-refractivity contribution < 1.29 is 28.2 Å². The molecule has 0 saturated carbocycles. The van der Waals surface area contributed by atoms with Crippen molar-refractivity contribution in [1.82, 2.24) is 4.98 Å². The average Bonchev–Trinajstić information content (AvgIpc) is 2.87. The second-order valence-corrected chi connectivity index (χ2v) is 5.99. The first-order valence-electron chi connectivity index (χ1n) is 8.25. The number of hydrogen-bond acceptors (Lipinski definition) is 5. The molecular weight excluding hydrogens is 341 g/mol. The zero-order valence-electron chi connectivity index (χ0n) is 15.2. The third-order valence-electron chi connectivity index (χ3n) is 3.60. The monoisotopic (exact) mass is 363 g/mol. The fourth-order valence-corrected chi connectivity index (χ4v) is 2.45. The number of carbonyl (C=O) groups is 2. The summed E-state index contributed by atoms with van der Waals surface area (Å²) in [5.74, 6) is -1.50. The average molecular weight is 363 g/mol. The van der Waals surface area contributed by atoms with Crippen LogP contribution in [-0.4, -0.2) is 36.2 Å². The van der Waals surface area contributed by atoms with E-state index in [9.17, 15) is 14.0 Å². The van der Waals surface area contributed by atoms with E-state index in [1.165, 1.54) is 12.1 Å². The molecule has 0 aliphatic heterocycles. The summed E-state index contributed by atoms with van der Waals surface area (Å²) in [7, 11) is 0. The fourth-order valence-electron chi connectivity index (χ4n) is 2.45. The molecule has 0 saturated heterocycles. The lowest BCUT2D eigenvalue weighted by Crippen LogP contribution is -2.15. The van der Waals surface area contributed by atoms with Gasteiger partial charge in [-0.15, -0.1) is 0 Å². The van der Waals surface area contributed by atoms with E-state index >= 15 is 0 Å². The number of rotatable bonds is 7. The van der Waals surface area contributed by atoms with Gasteiger partial charge >= 0.3 is 11.9 Å². The molecular formula is C19H22FNO5. The number of benzene rings is 1. The lowest BCUT2D eigenvalue weighted by molar-refractivity contribution is 0.0376. The third kappa shape index (κ3) is 4.62. The molecule has 0 bridgehead atoms. The molecule has 7 heteroatoms. The fraction of sp³-hybridized carbons (Fsp3) is 0.368. The van der Waals surface area contributed by atoms with E-state index in [1.54, 1.807) is 39.8 Å². The molecule has 0 spiro atoms. The number of ether oxygens (including phenoxy) is 3. The standard InChI is InChI=1S/C19H22FNO5/c1-11(2)26-18(22)16-12(3)17(21-13(16)4)19(23)25-10-9-24-15-8-6-5-7-14(15)20/h5-8,11,21H,9-10H2,1-4H3. The number of para-hydroxylation sites is 1. The topological polar surface area (TPSA) is 77.6 Å². The minimum atomic E-state index is -0.619. The van der Waals surface area contributed by atoms with Crippen LogP contribution in [0, 0.1) is 19.7 Å². The van der Waals surface area contributed by atoms with Crippen LogP contribution in [0.3, 0.4) is 0 Å². The Hall–Kier alpha value is -2.83. The highest BCUT2D eigenvalue weighted by atomic mass is 19.1. The first-order valence-corrected chi connectivity index (χ1v) is 8.25. The Morgan fingerprint density at radius 3 is 2.46 bits per heavy atom. The summed E-state index contributed by atoms with van der Waals surface area (Å²) < 4.78 is 29.0. The maximum Gasteiger partial charge on any atom is 0.355 e. The number of carbonyl (C=O) groups excluding carboxylic acids is 2. The van der Waals surface area contributed by atoms with Gasteiger partial charge in [-0.2, -0.15) is 0 Å². The van der Waals surface area contributed by atoms with Crippen molar-refractivity contribution in [1.29, 1.82) is 0 Å². The molecule has 140 valence electrons. The first kappa shape index (κ1) is 19.5. The van der Waals surface area contributed by atoms with Crippen LogP contribution in [0.4, 0.5) is 4.39 Å². The van der Waals surface area contributed by atoms with Crippen molar-refractivity contribution in [3.8, 4) is 5.75 Å². The molecule has 0 fully saturated rings. The maximum atomic E-state index is 13.4. The van der Waals surface area contributed by atoms with E-state index < -0.39 is 17.8 Å². The van der Waals surface area contributed by atoms with Crippen LogP contribution in [0.15, 0.2) is 24.3 Å². The summed E-state index contributed by atoms with van der Waals surface area (Å²) in [5, 5.41) is 0. The minimum absolute atomic E-state index is 0.00760. The van der Waals surface area contributed by atoms with Crippen LogP contribution in [0.5, 0.6) is 5.75 Å². The van der Waals surface area contributed by atoms with Crippen molar-refractivity contribution >= 4 is 11.9 Å². The number of H-pyrrole nitrogens is 1. The highest BCUT2D eigenvalue weighted by Gasteiger charge is 2.24. The Bertz CT molecular complexity index is 797. The Balaban J connectivity index is 1.95. The number of hydrogen-bond donors (Lipinski definition) is 1. The van der Waals surface area contributed by atoms with Gasteiger partial charge in [-0.25, -0.2) is 14.0 Å². The first-order chi connectivity index (χ1) is 12.3. The second-order valence-electron chi connectivity index (χ2n) is 5.99. The summed E-state index contributed by atoms with van der Waals surface area (Å²) in [4.78, 5) is 27.2. The van der Waals surface area contributed by atoms with Gasteiger partial charge in [-0.3, -0.25) is 0 Å². The van der Waals surface area contributed by atoms with Crippen molar-refractivity contribution in [3.05, 3.63) is 52.6 Å². The molecule has 0 unspecified atom stereocenters.